The molecule has 1 aliphatic carbocycles. The second kappa shape index (κ2) is 12.8. The molecular formula is C53H36. The van der Waals surface area contributed by atoms with Gasteiger partial charge in [-0.15, -0.1) is 0 Å². The predicted molar refractivity (Wildman–Crippen MR) is 223 cm³/mol. The highest BCUT2D eigenvalue weighted by Crippen LogP contribution is 2.59. The maximum atomic E-state index is 2.53. The molecule has 10 rings (SSSR count). The van der Waals surface area contributed by atoms with Crippen molar-refractivity contribution >= 4 is 10.8 Å². The standard InChI is InChI=1S/C53H36/c1-6-18-37(19-7-1)40-30-31-48-50(35-40)53(44-24-12-4-13-25-44,45-26-14-5-15-27-45)51-36-49(46-28-16-17-29-47(46)52(48)51)43-33-41(38-20-8-2-9-21-38)32-42(34-43)39-22-10-3-11-23-39/h1-36H. The van der Waals surface area contributed by atoms with Crippen molar-refractivity contribution in [1.82, 2.24) is 0 Å². The van der Waals surface area contributed by atoms with E-state index in [1.807, 2.05) is 0 Å². The van der Waals surface area contributed by atoms with Crippen molar-refractivity contribution in [2.75, 3.05) is 0 Å². The summed E-state index contributed by atoms with van der Waals surface area (Å²) in [7, 11) is 0. The summed E-state index contributed by atoms with van der Waals surface area (Å²) in [5.41, 5.74) is 16.9. The Hall–Kier alpha value is -6.76. The van der Waals surface area contributed by atoms with E-state index in [-0.39, 0.29) is 0 Å². The first-order valence-corrected chi connectivity index (χ1v) is 18.4. The highest BCUT2D eigenvalue weighted by atomic mass is 14.5. The van der Waals surface area contributed by atoms with Crippen LogP contribution in [0.2, 0.25) is 0 Å². The van der Waals surface area contributed by atoms with Crippen molar-refractivity contribution < 1.29 is 0 Å². The highest BCUT2D eigenvalue weighted by Gasteiger charge is 2.47. The van der Waals surface area contributed by atoms with E-state index >= 15 is 0 Å². The van der Waals surface area contributed by atoms with Crippen LogP contribution in [0.5, 0.6) is 0 Å². The van der Waals surface area contributed by atoms with Crippen molar-refractivity contribution in [3.63, 3.8) is 0 Å². The molecule has 0 amide bonds. The lowest BCUT2D eigenvalue weighted by Crippen LogP contribution is -2.28. The zero-order valence-electron chi connectivity index (χ0n) is 29.3. The van der Waals surface area contributed by atoms with E-state index in [0.29, 0.717) is 0 Å². The quantitative estimate of drug-likeness (QED) is 0.165. The lowest BCUT2D eigenvalue weighted by molar-refractivity contribution is 0.769. The Kier molecular flexibility index (Phi) is 7.48. The number of benzene rings is 9. The lowest BCUT2D eigenvalue weighted by Gasteiger charge is -2.34. The third-order valence-corrected chi connectivity index (χ3v) is 11.1. The SMILES string of the molecule is c1ccc(-c2cc(-c3ccccc3)cc(-c3cc4c(c5ccccc35)-c3ccc(-c5ccccc5)cc3C4(c3ccccc3)c3ccccc3)c2)cc1. The van der Waals surface area contributed by atoms with E-state index in [9.17, 15) is 0 Å². The molecule has 0 heterocycles. The molecule has 0 spiro atoms. The van der Waals surface area contributed by atoms with Gasteiger partial charge in [-0.3, -0.25) is 0 Å². The van der Waals surface area contributed by atoms with Gasteiger partial charge < -0.3 is 0 Å². The van der Waals surface area contributed by atoms with Crippen LogP contribution in [0, 0.1) is 0 Å². The summed E-state index contributed by atoms with van der Waals surface area (Å²) in [6, 6.07) is 80.4. The Morgan fingerprint density at radius 2 is 0.679 bits per heavy atom. The second-order valence-electron chi connectivity index (χ2n) is 14.0. The lowest BCUT2D eigenvalue weighted by atomic mass is 9.67. The van der Waals surface area contributed by atoms with Gasteiger partial charge >= 0.3 is 0 Å². The number of rotatable bonds is 6. The van der Waals surface area contributed by atoms with Crippen LogP contribution in [0.3, 0.4) is 0 Å². The van der Waals surface area contributed by atoms with Gasteiger partial charge in [0.05, 0.1) is 5.41 Å². The second-order valence-corrected chi connectivity index (χ2v) is 14.0. The van der Waals surface area contributed by atoms with E-state index in [0.717, 1.165) is 0 Å². The van der Waals surface area contributed by atoms with Crippen LogP contribution in [0.25, 0.3) is 66.4 Å². The first-order valence-electron chi connectivity index (χ1n) is 18.4. The van der Waals surface area contributed by atoms with Crippen LogP contribution >= 0.6 is 0 Å². The topological polar surface area (TPSA) is 0 Å². The van der Waals surface area contributed by atoms with Crippen LogP contribution < -0.4 is 0 Å². The summed E-state index contributed by atoms with van der Waals surface area (Å²) in [5.74, 6) is 0. The fourth-order valence-corrected chi connectivity index (χ4v) is 8.77. The fourth-order valence-electron chi connectivity index (χ4n) is 8.77. The molecule has 0 saturated carbocycles. The van der Waals surface area contributed by atoms with Gasteiger partial charge in [-0.05, 0) is 119 Å². The van der Waals surface area contributed by atoms with Crippen LogP contribution in [0.1, 0.15) is 22.3 Å². The summed E-state index contributed by atoms with van der Waals surface area (Å²) in [6.07, 6.45) is 0. The Balaban J connectivity index is 1.33. The molecule has 0 atom stereocenters. The van der Waals surface area contributed by atoms with Crippen LogP contribution in [0.4, 0.5) is 0 Å². The molecular weight excluding hydrogens is 637 g/mol. The first-order chi connectivity index (χ1) is 26.3. The van der Waals surface area contributed by atoms with Gasteiger partial charge in [-0.2, -0.15) is 0 Å². The van der Waals surface area contributed by atoms with Crippen molar-refractivity contribution in [3.8, 4) is 55.6 Å². The molecule has 0 N–H and O–H groups in total. The van der Waals surface area contributed by atoms with Crippen LogP contribution in [-0.4, -0.2) is 0 Å². The van der Waals surface area contributed by atoms with Gasteiger partial charge in [0.2, 0.25) is 0 Å². The number of hydrogen-bond acceptors (Lipinski definition) is 0. The maximum Gasteiger partial charge on any atom is 0.0714 e. The number of hydrogen-bond donors (Lipinski definition) is 0. The average molecular weight is 673 g/mol. The summed E-state index contributed by atoms with van der Waals surface area (Å²) in [6.45, 7) is 0. The molecule has 1 aliphatic rings. The van der Waals surface area contributed by atoms with Gasteiger partial charge in [-0.1, -0.05) is 188 Å². The van der Waals surface area contributed by atoms with Crippen molar-refractivity contribution in [2.24, 2.45) is 0 Å². The summed E-state index contributed by atoms with van der Waals surface area (Å²) in [4.78, 5) is 0. The molecule has 0 bridgehead atoms. The molecule has 0 unspecified atom stereocenters. The molecule has 0 radical (unpaired) electrons. The minimum absolute atomic E-state index is 0.546. The molecule has 248 valence electrons. The molecule has 9 aromatic rings. The highest BCUT2D eigenvalue weighted by molar-refractivity contribution is 6.10. The minimum atomic E-state index is -0.546. The molecule has 9 aromatic carbocycles. The molecule has 0 aromatic heterocycles. The van der Waals surface area contributed by atoms with Gasteiger partial charge in [0.25, 0.3) is 0 Å². The summed E-state index contributed by atoms with van der Waals surface area (Å²) in [5, 5.41) is 2.53. The van der Waals surface area contributed by atoms with Gasteiger partial charge in [0.15, 0.2) is 0 Å². The molecule has 0 aliphatic heterocycles. The third kappa shape index (κ3) is 5.06. The first kappa shape index (κ1) is 31.0. The molecule has 0 nitrogen and oxygen atoms in total. The Morgan fingerprint density at radius 1 is 0.245 bits per heavy atom. The van der Waals surface area contributed by atoms with Crippen LogP contribution in [-0.2, 0) is 5.41 Å². The van der Waals surface area contributed by atoms with Crippen molar-refractivity contribution in [1.29, 1.82) is 0 Å². The van der Waals surface area contributed by atoms with Gasteiger partial charge in [0.1, 0.15) is 0 Å². The molecule has 0 fully saturated rings. The fraction of sp³-hybridized carbons (Fsp3) is 0.0189. The smallest absolute Gasteiger partial charge is 0.0622 e. The maximum absolute atomic E-state index is 2.53. The van der Waals surface area contributed by atoms with E-state index in [2.05, 4.69) is 218 Å². The zero-order valence-corrected chi connectivity index (χ0v) is 29.3. The van der Waals surface area contributed by atoms with E-state index in [4.69, 9.17) is 0 Å². The van der Waals surface area contributed by atoms with E-state index in [1.54, 1.807) is 0 Å². The Labute approximate surface area is 311 Å². The van der Waals surface area contributed by atoms with Gasteiger partial charge in [0, 0.05) is 0 Å². The minimum Gasteiger partial charge on any atom is -0.0622 e. The Morgan fingerprint density at radius 3 is 1.21 bits per heavy atom. The summed E-state index contributed by atoms with van der Waals surface area (Å²) < 4.78 is 0. The monoisotopic (exact) mass is 672 g/mol. The van der Waals surface area contributed by atoms with E-state index in [1.165, 1.54) is 88.7 Å². The molecule has 0 saturated heterocycles. The molecule has 53 heavy (non-hydrogen) atoms. The predicted octanol–water partition coefficient (Wildman–Crippen LogP) is 13.9. The molecule has 0 heteroatoms. The zero-order chi connectivity index (χ0) is 35.2. The van der Waals surface area contributed by atoms with Gasteiger partial charge in [-0.25, -0.2) is 0 Å². The normalized spacial score (nSPS) is 12.7. The third-order valence-electron chi connectivity index (χ3n) is 11.1. The van der Waals surface area contributed by atoms with Crippen molar-refractivity contribution in [2.45, 2.75) is 5.41 Å². The van der Waals surface area contributed by atoms with Crippen LogP contribution in [0.15, 0.2) is 218 Å². The number of fused-ring (bicyclic) bond motifs is 5. The van der Waals surface area contributed by atoms with E-state index < -0.39 is 5.41 Å². The average Bonchev–Trinajstić information content (AvgIpc) is 3.55. The Bertz CT molecular complexity index is 2630. The summed E-state index contributed by atoms with van der Waals surface area (Å²) >= 11 is 0. The van der Waals surface area contributed by atoms with Crippen molar-refractivity contribution in [3.05, 3.63) is 241 Å². The largest absolute Gasteiger partial charge is 0.0714 e.